The molecule has 78 valence electrons. The number of para-hydroxylation sites is 2. The smallest absolute Gasteiger partial charge is 0.142 e. The topological polar surface area (TPSA) is 38.5 Å². The van der Waals surface area contributed by atoms with Crippen LogP contribution in [0.25, 0.3) is 0 Å². The quantitative estimate of drug-likeness (QED) is 0.741. The molecule has 0 aromatic heterocycles. The summed E-state index contributed by atoms with van der Waals surface area (Å²) in [6.07, 6.45) is 0. The highest BCUT2D eigenvalue weighted by Gasteiger charge is 2.14. The monoisotopic (exact) mass is 194 g/mol. The Morgan fingerprint density at radius 2 is 2.07 bits per heavy atom. The summed E-state index contributed by atoms with van der Waals surface area (Å²) >= 11 is 0. The second-order valence-corrected chi connectivity index (χ2v) is 2.76. The van der Waals surface area contributed by atoms with Crippen LogP contribution in [0.1, 0.15) is 13.8 Å². The van der Waals surface area contributed by atoms with Crippen LogP contribution in [-0.4, -0.2) is 19.8 Å². The van der Waals surface area contributed by atoms with Gasteiger partial charge in [0.1, 0.15) is 12.4 Å². The van der Waals surface area contributed by atoms with Gasteiger partial charge in [0.25, 0.3) is 0 Å². The highest BCUT2D eigenvalue weighted by atomic mass is 16.5. The van der Waals surface area contributed by atoms with Crippen molar-refractivity contribution in [2.24, 2.45) is 5.73 Å². The van der Waals surface area contributed by atoms with E-state index in [4.69, 9.17) is 10.5 Å². The Balaban J connectivity index is 0.000000461. The van der Waals surface area contributed by atoms with Crippen molar-refractivity contribution in [1.82, 2.24) is 0 Å². The van der Waals surface area contributed by atoms with Gasteiger partial charge in [0.15, 0.2) is 0 Å². The maximum absolute atomic E-state index is 5.59. The van der Waals surface area contributed by atoms with Crippen molar-refractivity contribution in [2.45, 2.75) is 13.8 Å². The molecule has 0 saturated carbocycles. The lowest BCUT2D eigenvalue weighted by atomic mass is 10.2. The van der Waals surface area contributed by atoms with Crippen molar-refractivity contribution in [2.75, 3.05) is 24.7 Å². The van der Waals surface area contributed by atoms with Crippen molar-refractivity contribution in [1.29, 1.82) is 0 Å². The van der Waals surface area contributed by atoms with Gasteiger partial charge in [0.2, 0.25) is 0 Å². The molecule has 0 atom stereocenters. The van der Waals surface area contributed by atoms with Crippen molar-refractivity contribution in [3.8, 4) is 5.75 Å². The molecule has 2 rings (SSSR count). The van der Waals surface area contributed by atoms with Gasteiger partial charge in [0.05, 0.1) is 18.9 Å². The summed E-state index contributed by atoms with van der Waals surface area (Å²) in [6, 6.07) is 7.97. The summed E-state index contributed by atoms with van der Waals surface area (Å²) in [5.41, 5.74) is 6.69. The first-order valence-electron chi connectivity index (χ1n) is 5.08. The van der Waals surface area contributed by atoms with Crippen LogP contribution in [0.2, 0.25) is 0 Å². The predicted octanol–water partition coefficient (Wildman–Crippen LogP) is 1.83. The minimum atomic E-state index is 0.556. The average Bonchev–Trinajstić information content (AvgIpc) is 2.31. The van der Waals surface area contributed by atoms with Gasteiger partial charge in [-0.2, -0.15) is 0 Å². The summed E-state index contributed by atoms with van der Waals surface area (Å²) in [7, 11) is 0. The minimum absolute atomic E-state index is 0.556. The Labute approximate surface area is 85.5 Å². The van der Waals surface area contributed by atoms with Gasteiger partial charge in [0, 0.05) is 0 Å². The van der Waals surface area contributed by atoms with E-state index in [0.29, 0.717) is 6.67 Å². The molecular formula is C11H18N2O. The van der Waals surface area contributed by atoms with E-state index in [-0.39, 0.29) is 0 Å². The highest BCUT2D eigenvalue weighted by molar-refractivity contribution is 5.59. The summed E-state index contributed by atoms with van der Waals surface area (Å²) in [4.78, 5) is 2.11. The molecule has 1 aliphatic rings. The molecule has 0 bridgehead atoms. The van der Waals surface area contributed by atoms with Crippen LogP contribution < -0.4 is 15.4 Å². The van der Waals surface area contributed by atoms with Gasteiger partial charge in [-0.15, -0.1) is 0 Å². The number of benzene rings is 1. The third-order valence-corrected chi connectivity index (χ3v) is 2.05. The number of ether oxygens (including phenoxy) is 1. The molecule has 0 amide bonds. The van der Waals surface area contributed by atoms with Gasteiger partial charge in [-0.05, 0) is 12.1 Å². The molecule has 3 heteroatoms. The number of nitrogens with zero attached hydrogens (tertiary/aromatic N) is 1. The number of nitrogens with two attached hydrogens (primary N) is 1. The predicted molar refractivity (Wildman–Crippen MR) is 59.7 cm³/mol. The SMILES string of the molecule is CC.NCN1CCOc2ccccc21. The second-order valence-electron chi connectivity index (χ2n) is 2.76. The lowest BCUT2D eigenvalue weighted by Gasteiger charge is -2.29. The maximum atomic E-state index is 5.59. The molecule has 3 nitrogen and oxygen atoms in total. The van der Waals surface area contributed by atoms with Crippen molar-refractivity contribution in [3.05, 3.63) is 24.3 Å². The maximum Gasteiger partial charge on any atom is 0.142 e. The summed E-state index contributed by atoms with van der Waals surface area (Å²) in [5, 5.41) is 0. The normalized spacial score (nSPS) is 13.5. The first-order valence-corrected chi connectivity index (χ1v) is 5.08. The van der Waals surface area contributed by atoms with E-state index >= 15 is 0 Å². The Morgan fingerprint density at radius 1 is 1.36 bits per heavy atom. The van der Waals surface area contributed by atoms with E-state index in [1.165, 1.54) is 0 Å². The average molecular weight is 194 g/mol. The van der Waals surface area contributed by atoms with Crippen molar-refractivity contribution < 1.29 is 4.74 Å². The molecular weight excluding hydrogens is 176 g/mol. The fourth-order valence-electron chi connectivity index (χ4n) is 1.42. The first kappa shape index (κ1) is 10.9. The number of hydrogen-bond donors (Lipinski definition) is 1. The van der Waals surface area contributed by atoms with Crippen LogP contribution >= 0.6 is 0 Å². The molecule has 1 aromatic rings. The highest BCUT2D eigenvalue weighted by Crippen LogP contribution is 2.29. The molecule has 0 unspecified atom stereocenters. The number of anilines is 1. The van der Waals surface area contributed by atoms with Gasteiger partial charge < -0.3 is 15.4 Å². The number of fused-ring (bicyclic) bond motifs is 1. The summed E-state index contributed by atoms with van der Waals surface area (Å²) < 4.78 is 5.46. The zero-order valence-corrected chi connectivity index (χ0v) is 8.86. The van der Waals surface area contributed by atoms with E-state index in [9.17, 15) is 0 Å². The van der Waals surface area contributed by atoms with Gasteiger partial charge in [-0.1, -0.05) is 26.0 Å². The van der Waals surface area contributed by atoms with Crippen LogP contribution in [0.5, 0.6) is 5.75 Å². The molecule has 0 spiro atoms. The molecule has 0 saturated heterocycles. The Bertz CT molecular complexity index is 276. The lowest BCUT2D eigenvalue weighted by molar-refractivity contribution is 0.308. The molecule has 1 aliphatic heterocycles. The molecule has 14 heavy (non-hydrogen) atoms. The Kier molecular flexibility index (Phi) is 4.26. The lowest BCUT2D eigenvalue weighted by Crippen LogP contribution is -2.36. The Morgan fingerprint density at radius 3 is 2.79 bits per heavy atom. The van der Waals surface area contributed by atoms with E-state index in [2.05, 4.69) is 4.90 Å². The summed E-state index contributed by atoms with van der Waals surface area (Å²) in [6.45, 7) is 6.17. The van der Waals surface area contributed by atoms with E-state index < -0.39 is 0 Å². The van der Waals surface area contributed by atoms with E-state index in [1.807, 2.05) is 38.1 Å². The van der Waals surface area contributed by atoms with Crippen LogP contribution in [0.15, 0.2) is 24.3 Å². The molecule has 1 aromatic carbocycles. The van der Waals surface area contributed by atoms with Crippen molar-refractivity contribution >= 4 is 5.69 Å². The van der Waals surface area contributed by atoms with Crippen molar-refractivity contribution in [3.63, 3.8) is 0 Å². The summed E-state index contributed by atoms with van der Waals surface area (Å²) in [5.74, 6) is 0.939. The fourth-order valence-corrected chi connectivity index (χ4v) is 1.42. The zero-order chi connectivity index (χ0) is 10.4. The molecule has 0 radical (unpaired) electrons. The van der Waals surface area contributed by atoms with Crippen LogP contribution in [0, 0.1) is 0 Å². The van der Waals surface area contributed by atoms with Crippen LogP contribution in [-0.2, 0) is 0 Å². The third kappa shape index (κ3) is 2.17. The first-order chi connectivity index (χ1) is 6.92. The minimum Gasteiger partial charge on any atom is -0.490 e. The molecule has 2 N–H and O–H groups in total. The van der Waals surface area contributed by atoms with Gasteiger partial charge >= 0.3 is 0 Å². The number of rotatable bonds is 1. The van der Waals surface area contributed by atoms with Gasteiger partial charge in [-0.25, -0.2) is 0 Å². The third-order valence-electron chi connectivity index (χ3n) is 2.05. The number of hydrogen-bond acceptors (Lipinski definition) is 3. The largest absolute Gasteiger partial charge is 0.490 e. The van der Waals surface area contributed by atoms with Crippen LogP contribution in [0.3, 0.4) is 0 Å². The second kappa shape index (κ2) is 5.50. The van der Waals surface area contributed by atoms with Crippen LogP contribution in [0.4, 0.5) is 5.69 Å². The molecule has 1 heterocycles. The van der Waals surface area contributed by atoms with E-state index in [0.717, 1.165) is 24.6 Å². The molecule has 0 fully saturated rings. The zero-order valence-electron chi connectivity index (χ0n) is 8.86. The Hall–Kier alpha value is -1.22. The fraction of sp³-hybridized carbons (Fsp3) is 0.455. The molecule has 0 aliphatic carbocycles. The van der Waals surface area contributed by atoms with Gasteiger partial charge in [-0.3, -0.25) is 0 Å². The van der Waals surface area contributed by atoms with E-state index in [1.54, 1.807) is 0 Å². The standard InChI is InChI=1S/C9H12N2O.C2H6/c10-7-11-5-6-12-9-4-2-1-3-8(9)11;1-2/h1-4H,5-7,10H2;1-2H3.